The van der Waals surface area contributed by atoms with Crippen molar-refractivity contribution in [3.8, 4) is 22.8 Å². The third-order valence-corrected chi connectivity index (χ3v) is 3.60. The Morgan fingerprint density at radius 2 is 2.00 bits per heavy atom. The molecule has 0 unspecified atom stereocenters. The molecular formula is C16H21N3O3. The summed E-state index contributed by atoms with van der Waals surface area (Å²) in [5.74, 6) is 1.30. The number of carbonyl (C=O) groups excluding carboxylic acids is 1. The average molecular weight is 303 g/mol. The Hall–Kier alpha value is -2.50. The number of ether oxygens (including phenoxy) is 2. The van der Waals surface area contributed by atoms with Crippen molar-refractivity contribution in [2.24, 2.45) is 7.05 Å². The van der Waals surface area contributed by atoms with Crippen LogP contribution in [0.15, 0.2) is 24.3 Å². The van der Waals surface area contributed by atoms with Crippen LogP contribution in [0.5, 0.6) is 11.5 Å². The maximum Gasteiger partial charge on any atom is 0.271 e. The van der Waals surface area contributed by atoms with Gasteiger partial charge in [0.05, 0.1) is 19.9 Å². The van der Waals surface area contributed by atoms with E-state index in [-0.39, 0.29) is 5.91 Å². The minimum absolute atomic E-state index is 0.0590. The van der Waals surface area contributed by atoms with Gasteiger partial charge in [0.15, 0.2) is 0 Å². The second-order valence-electron chi connectivity index (χ2n) is 4.92. The summed E-state index contributed by atoms with van der Waals surface area (Å²) in [5, 5.41) is 4.43. The normalized spacial score (nSPS) is 10.4. The van der Waals surface area contributed by atoms with Gasteiger partial charge in [0.2, 0.25) is 0 Å². The minimum atomic E-state index is -0.0590. The standard InChI is InChI=1S/C16H21N3O3/c1-6-18(2)16(20)14-10-13(17-19(14)3)12-8-7-11(21-4)9-15(12)22-5/h7-10H,6H2,1-5H3. The first-order valence-corrected chi connectivity index (χ1v) is 7.03. The first-order chi connectivity index (χ1) is 10.5. The minimum Gasteiger partial charge on any atom is -0.497 e. The second kappa shape index (κ2) is 6.51. The quantitative estimate of drug-likeness (QED) is 0.849. The summed E-state index contributed by atoms with van der Waals surface area (Å²) in [7, 11) is 6.73. The number of amides is 1. The van der Waals surface area contributed by atoms with Crippen molar-refractivity contribution >= 4 is 5.91 Å². The molecule has 1 amide bonds. The van der Waals surface area contributed by atoms with E-state index >= 15 is 0 Å². The molecule has 6 nitrogen and oxygen atoms in total. The highest BCUT2D eigenvalue weighted by Crippen LogP contribution is 2.32. The molecule has 1 heterocycles. The molecule has 0 bridgehead atoms. The molecular weight excluding hydrogens is 282 g/mol. The molecule has 22 heavy (non-hydrogen) atoms. The van der Waals surface area contributed by atoms with E-state index in [0.717, 1.165) is 5.56 Å². The van der Waals surface area contributed by atoms with E-state index in [1.165, 1.54) is 0 Å². The molecule has 1 aromatic carbocycles. The van der Waals surface area contributed by atoms with Crippen molar-refractivity contribution < 1.29 is 14.3 Å². The van der Waals surface area contributed by atoms with E-state index < -0.39 is 0 Å². The lowest BCUT2D eigenvalue weighted by atomic mass is 10.1. The van der Waals surface area contributed by atoms with E-state index in [0.29, 0.717) is 29.4 Å². The van der Waals surface area contributed by atoms with Gasteiger partial charge < -0.3 is 14.4 Å². The second-order valence-corrected chi connectivity index (χ2v) is 4.92. The Balaban J connectivity index is 2.45. The molecule has 118 valence electrons. The van der Waals surface area contributed by atoms with Crippen LogP contribution in [0.2, 0.25) is 0 Å². The third kappa shape index (κ3) is 2.90. The third-order valence-electron chi connectivity index (χ3n) is 3.60. The number of methoxy groups -OCH3 is 2. The van der Waals surface area contributed by atoms with Gasteiger partial charge >= 0.3 is 0 Å². The van der Waals surface area contributed by atoms with E-state index in [1.807, 2.05) is 19.1 Å². The zero-order valence-corrected chi connectivity index (χ0v) is 13.6. The Morgan fingerprint density at radius 3 is 2.59 bits per heavy atom. The van der Waals surface area contributed by atoms with Crippen LogP contribution in [0, 0.1) is 0 Å². The fraction of sp³-hybridized carbons (Fsp3) is 0.375. The number of benzene rings is 1. The Morgan fingerprint density at radius 1 is 1.27 bits per heavy atom. The Bertz CT molecular complexity index is 679. The lowest BCUT2D eigenvalue weighted by molar-refractivity contribution is 0.0791. The fourth-order valence-corrected chi connectivity index (χ4v) is 2.15. The highest BCUT2D eigenvalue weighted by atomic mass is 16.5. The predicted molar refractivity (Wildman–Crippen MR) is 84.4 cm³/mol. The summed E-state index contributed by atoms with van der Waals surface area (Å²) < 4.78 is 12.2. The summed E-state index contributed by atoms with van der Waals surface area (Å²) >= 11 is 0. The summed E-state index contributed by atoms with van der Waals surface area (Å²) in [6, 6.07) is 7.28. The van der Waals surface area contributed by atoms with Crippen LogP contribution in [-0.4, -0.2) is 48.4 Å². The van der Waals surface area contributed by atoms with Gasteiger partial charge in [-0.05, 0) is 25.1 Å². The highest BCUT2D eigenvalue weighted by molar-refractivity contribution is 5.93. The predicted octanol–water partition coefficient (Wildman–Crippen LogP) is 2.20. The summed E-state index contributed by atoms with van der Waals surface area (Å²) in [5.41, 5.74) is 2.05. The van der Waals surface area contributed by atoms with Crippen molar-refractivity contribution in [3.05, 3.63) is 30.0 Å². The molecule has 0 saturated heterocycles. The zero-order valence-electron chi connectivity index (χ0n) is 13.6. The number of aryl methyl sites for hydroxylation is 1. The Labute approximate surface area is 130 Å². The van der Waals surface area contributed by atoms with Crippen LogP contribution in [0.3, 0.4) is 0 Å². The molecule has 0 aliphatic rings. The van der Waals surface area contributed by atoms with Gasteiger partial charge in [-0.25, -0.2) is 0 Å². The number of hydrogen-bond acceptors (Lipinski definition) is 4. The Kier molecular flexibility index (Phi) is 4.70. The van der Waals surface area contributed by atoms with Gasteiger partial charge in [-0.15, -0.1) is 0 Å². The molecule has 0 aliphatic heterocycles. The van der Waals surface area contributed by atoms with Crippen molar-refractivity contribution in [2.45, 2.75) is 6.92 Å². The van der Waals surface area contributed by atoms with Gasteiger partial charge in [-0.2, -0.15) is 5.10 Å². The van der Waals surface area contributed by atoms with Crippen LogP contribution >= 0.6 is 0 Å². The van der Waals surface area contributed by atoms with Crippen LogP contribution in [0.25, 0.3) is 11.3 Å². The molecule has 0 N–H and O–H groups in total. The molecule has 2 aromatic rings. The van der Waals surface area contributed by atoms with Crippen molar-refractivity contribution in [2.75, 3.05) is 27.8 Å². The summed E-state index contributed by atoms with van der Waals surface area (Å²) in [6.45, 7) is 2.58. The number of carbonyl (C=O) groups is 1. The first kappa shape index (κ1) is 15.9. The fourth-order valence-electron chi connectivity index (χ4n) is 2.15. The molecule has 0 fully saturated rings. The van der Waals surface area contributed by atoms with Gasteiger partial charge in [-0.1, -0.05) is 0 Å². The number of rotatable bonds is 5. The molecule has 0 atom stereocenters. The summed E-state index contributed by atoms with van der Waals surface area (Å²) in [4.78, 5) is 14.0. The van der Waals surface area contributed by atoms with Gasteiger partial charge in [-0.3, -0.25) is 9.48 Å². The van der Waals surface area contributed by atoms with E-state index in [1.54, 1.807) is 50.0 Å². The number of aromatic nitrogens is 2. The molecule has 0 spiro atoms. The molecule has 6 heteroatoms. The number of nitrogens with zero attached hydrogens (tertiary/aromatic N) is 3. The van der Waals surface area contributed by atoms with Gasteiger partial charge in [0.1, 0.15) is 17.2 Å². The smallest absolute Gasteiger partial charge is 0.271 e. The average Bonchev–Trinajstić information content (AvgIpc) is 2.94. The van der Waals surface area contributed by atoms with E-state index in [9.17, 15) is 4.79 Å². The zero-order chi connectivity index (χ0) is 16.3. The maximum atomic E-state index is 12.3. The van der Waals surface area contributed by atoms with Gasteiger partial charge in [0, 0.05) is 32.3 Å². The SMILES string of the molecule is CCN(C)C(=O)c1cc(-c2ccc(OC)cc2OC)nn1C. The van der Waals surface area contributed by atoms with Crippen LogP contribution in [0.4, 0.5) is 0 Å². The molecule has 0 aliphatic carbocycles. The molecule has 0 radical (unpaired) electrons. The van der Waals surface area contributed by atoms with Crippen LogP contribution in [0.1, 0.15) is 17.4 Å². The first-order valence-electron chi connectivity index (χ1n) is 7.03. The van der Waals surface area contributed by atoms with Crippen molar-refractivity contribution in [1.29, 1.82) is 0 Å². The van der Waals surface area contributed by atoms with E-state index in [4.69, 9.17) is 9.47 Å². The van der Waals surface area contributed by atoms with E-state index in [2.05, 4.69) is 5.10 Å². The molecule has 0 saturated carbocycles. The van der Waals surface area contributed by atoms with Crippen molar-refractivity contribution in [3.63, 3.8) is 0 Å². The maximum absolute atomic E-state index is 12.3. The summed E-state index contributed by atoms with van der Waals surface area (Å²) in [6.07, 6.45) is 0. The van der Waals surface area contributed by atoms with Crippen LogP contribution in [-0.2, 0) is 7.05 Å². The monoisotopic (exact) mass is 303 g/mol. The largest absolute Gasteiger partial charge is 0.497 e. The molecule has 2 rings (SSSR count). The lowest BCUT2D eigenvalue weighted by Gasteiger charge is -2.13. The van der Waals surface area contributed by atoms with Gasteiger partial charge in [0.25, 0.3) is 5.91 Å². The topological polar surface area (TPSA) is 56.6 Å². The van der Waals surface area contributed by atoms with Crippen molar-refractivity contribution in [1.82, 2.24) is 14.7 Å². The lowest BCUT2D eigenvalue weighted by Crippen LogP contribution is -2.28. The number of hydrogen-bond donors (Lipinski definition) is 0. The molecule has 1 aromatic heterocycles. The van der Waals surface area contributed by atoms with Crippen LogP contribution < -0.4 is 9.47 Å². The highest BCUT2D eigenvalue weighted by Gasteiger charge is 2.19.